The van der Waals surface area contributed by atoms with Gasteiger partial charge in [-0.3, -0.25) is 4.79 Å². The predicted molar refractivity (Wildman–Crippen MR) is 118 cm³/mol. The van der Waals surface area contributed by atoms with E-state index in [0.29, 0.717) is 19.6 Å². The van der Waals surface area contributed by atoms with Gasteiger partial charge in [-0.05, 0) is 19.3 Å². The zero-order chi connectivity index (χ0) is 20.7. The van der Waals surface area contributed by atoms with Crippen LogP contribution in [0.25, 0.3) is 0 Å². The third-order valence-corrected chi connectivity index (χ3v) is 4.92. The average Bonchev–Trinajstić information content (AvgIpc) is 2.69. The molecule has 0 fully saturated rings. The van der Waals surface area contributed by atoms with Crippen LogP contribution in [-0.2, 0) is 19.0 Å². The first-order valence-electron chi connectivity index (χ1n) is 12.1. The van der Waals surface area contributed by atoms with Crippen molar-refractivity contribution in [3.63, 3.8) is 0 Å². The third kappa shape index (κ3) is 20.1. The largest absolute Gasteiger partial charge is 0.457 e. The third-order valence-electron chi connectivity index (χ3n) is 4.92. The molecular weight excluding hydrogens is 352 g/mol. The van der Waals surface area contributed by atoms with Crippen LogP contribution in [0, 0.1) is 0 Å². The first-order valence-corrected chi connectivity index (χ1v) is 12.1. The van der Waals surface area contributed by atoms with Gasteiger partial charge in [0.25, 0.3) is 0 Å². The maximum atomic E-state index is 12.2. The van der Waals surface area contributed by atoms with Crippen LogP contribution in [0.5, 0.6) is 0 Å². The summed E-state index contributed by atoms with van der Waals surface area (Å²) in [6.07, 6.45) is 16.8. The maximum absolute atomic E-state index is 12.2. The Bertz CT molecular complexity index is 304. The zero-order valence-electron chi connectivity index (χ0n) is 19.1. The van der Waals surface area contributed by atoms with Gasteiger partial charge in [0.05, 0.1) is 13.2 Å². The number of carbonyl (C=O) groups is 1. The van der Waals surface area contributed by atoms with Crippen LogP contribution in [-0.4, -0.2) is 38.5 Å². The number of esters is 1. The van der Waals surface area contributed by atoms with Gasteiger partial charge in [-0.15, -0.1) is 0 Å². The van der Waals surface area contributed by atoms with Crippen LogP contribution in [0.1, 0.15) is 117 Å². The van der Waals surface area contributed by atoms with Crippen molar-refractivity contribution in [1.29, 1.82) is 0 Å². The van der Waals surface area contributed by atoms with E-state index in [1.807, 2.05) is 0 Å². The van der Waals surface area contributed by atoms with Crippen LogP contribution in [0.3, 0.4) is 0 Å². The zero-order valence-corrected chi connectivity index (χ0v) is 19.1. The highest BCUT2D eigenvalue weighted by molar-refractivity contribution is 5.69. The monoisotopic (exact) mass is 400 g/mol. The van der Waals surface area contributed by atoms with Crippen molar-refractivity contribution in [3.8, 4) is 0 Å². The van der Waals surface area contributed by atoms with Gasteiger partial charge >= 0.3 is 5.97 Å². The highest BCUT2D eigenvalue weighted by atomic mass is 16.6. The van der Waals surface area contributed by atoms with Crippen molar-refractivity contribution < 1.29 is 19.0 Å². The Morgan fingerprint density at radius 1 is 0.607 bits per heavy atom. The van der Waals surface area contributed by atoms with Crippen molar-refractivity contribution in [2.45, 2.75) is 123 Å². The Labute approximate surface area is 175 Å². The molecule has 0 aromatic heterocycles. The molecule has 168 valence electrons. The molecule has 0 aliphatic carbocycles. The summed E-state index contributed by atoms with van der Waals surface area (Å²) in [5, 5.41) is 0. The lowest BCUT2D eigenvalue weighted by molar-refractivity contribution is -0.156. The molecular formula is C24H48O4. The second-order valence-corrected chi connectivity index (χ2v) is 7.90. The second kappa shape index (κ2) is 22.7. The van der Waals surface area contributed by atoms with E-state index in [4.69, 9.17) is 14.2 Å². The lowest BCUT2D eigenvalue weighted by Crippen LogP contribution is -2.29. The fraction of sp³-hybridized carbons (Fsp3) is 0.958. The van der Waals surface area contributed by atoms with E-state index in [9.17, 15) is 4.79 Å². The second-order valence-electron chi connectivity index (χ2n) is 7.90. The van der Waals surface area contributed by atoms with Gasteiger partial charge in [0.15, 0.2) is 0 Å². The van der Waals surface area contributed by atoms with Crippen molar-refractivity contribution in [2.75, 3.05) is 26.4 Å². The summed E-state index contributed by atoms with van der Waals surface area (Å²) in [5.41, 5.74) is 0. The van der Waals surface area contributed by atoms with Crippen molar-refractivity contribution in [1.82, 2.24) is 0 Å². The van der Waals surface area contributed by atoms with Crippen molar-refractivity contribution in [3.05, 3.63) is 0 Å². The number of unbranched alkanes of at least 4 members (excludes halogenated alkanes) is 11. The Kier molecular flexibility index (Phi) is 22.2. The van der Waals surface area contributed by atoms with Gasteiger partial charge in [0, 0.05) is 19.6 Å². The Balaban J connectivity index is 3.99. The number of ether oxygens (including phenoxy) is 3. The van der Waals surface area contributed by atoms with E-state index in [-0.39, 0.29) is 12.1 Å². The molecule has 0 aliphatic heterocycles. The van der Waals surface area contributed by atoms with E-state index in [1.165, 1.54) is 64.2 Å². The van der Waals surface area contributed by atoms with E-state index >= 15 is 0 Å². The molecule has 0 saturated heterocycles. The first kappa shape index (κ1) is 27.4. The van der Waals surface area contributed by atoms with Crippen LogP contribution in [0.2, 0.25) is 0 Å². The molecule has 0 atom stereocenters. The molecule has 0 aromatic carbocycles. The fourth-order valence-corrected chi connectivity index (χ4v) is 3.10. The van der Waals surface area contributed by atoms with Crippen molar-refractivity contribution in [2.24, 2.45) is 0 Å². The number of hydrogen-bond acceptors (Lipinski definition) is 4. The molecule has 0 rings (SSSR count). The summed E-state index contributed by atoms with van der Waals surface area (Å²) in [4.78, 5) is 12.2. The van der Waals surface area contributed by atoms with Crippen LogP contribution in [0.4, 0.5) is 0 Å². The fourth-order valence-electron chi connectivity index (χ4n) is 3.10. The lowest BCUT2D eigenvalue weighted by atomic mass is 10.1. The molecule has 0 heterocycles. The molecule has 0 bridgehead atoms. The van der Waals surface area contributed by atoms with Gasteiger partial charge in [-0.2, -0.15) is 0 Å². The number of hydrogen-bond donors (Lipinski definition) is 0. The van der Waals surface area contributed by atoms with Crippen molar-refractivity contribution >= 4 is 5.97 Å². The van der Waals surface area contributed by atoms with Gasteiger partial charge < -0.3 is 14.2 Å². The van der Waals surface area contributed by atoms with E-state index < -0.39 is 0 Å². The minimum absolute atomic E-state index is 0.107. The molecule has 28 heavy (non-hydrogen) atoms. The molecule has 0 aromatic rings. The summed E-state index contributed by atoms with van der Waals surface area (Å²) in [5.74, 6) is -0.107. The van der Waals surface area contributed by atoms with Gasteiger partial charge in [0.1, 0.15) is 6.10 Å². The molecule has 4 heteroatoms. The normalized spacial score (nSPS) is 11.3. The SMILES string of the molecule is CCCCCCCCC(=O)OC(COCCCCCC)COCCCCCC. The smallest absolute Gasteiger partial charge is 0.306 e. The molecule has 0 N–H and O–H groups in total. The molecule has 0 spiro atoms. The van der Waals surface area contributed by atoms with E-state index in [2.05, 4.69) is 20.8 Å². The molecule has 0 radical (unpaired) electrons. The summed E-state index contributed by atoms with van der Waals surface area (Å²) in [6.45, 7) is 9.00. The standard InChI is InChI=1S/C24H48O4/c1-4-7-10-13-14-15-18-24(25)28-23(21-26-19-16-11-8-5-2)22-27-20-17-12-9-6-3/h23H,4-22H2,1-3H3. The van der Waals surface area contributed by atoms with Gasteiger partial charge in [-0.25, -0.2) is 0 Å². The van der Waals surface area contributed by atoms with Crippen LogP contribution >= 0.6 is 0 Å². The van der Waals surface area contributed by atoms with E-state index in [1.54, 1.807) is 0 Å². The minimum Gasteiger partial charge on any atom is -0.457 e. The summed E-state index contributed by atoms with van der Waals surface area (Å²) in [6, 6.07) is 0. The molecule has 0 amide bonds. The maximum Gasteiger partial charge on any atom is 0.306 e. The topological polar surface area (TPSA) is 44.8 Å². The molecule has 0 aliphatic rings. The number of rotatable bonds is 22. The predicted octanol–water partition coefficient (Wildman–Crippen LogP) is 6.84. The molecule has 4 nitrogen and oxygen atoms in total. The van der Waals surface area contributed by atoms with E-state index in [0.717, 1.165) is 38.9 Å². The quantitative estimate of drug-likeness (QED) is 0.147. The summed E-state index contributed by atoms with van der Waals surface area (Å²) >= 11 is 0. The molecule has 0 saturated carbocycles. The Morgan fingerprint density at radius 3 is 1.54 bits per heavy atom. The number of carbonyl (C=O) groups excluding carboxylic acids is 1. The Hall–Kier alpha value is -0.610. The Morgan fingerprint density at radius 2 is 1.04 bits per heavy atom. The highest BCUT2D eigenvalue weighted by Gasteiger charge is 2.15. The average molecular weight is 401 g/mol. The first-order chi connectivity index (χ1) is 13.7. The van der Waals surface area contributed by atoms with Gasteiger partial charge in [-0.1, -0.05) is 91.4 Å². The van der Waals surface area contributed by atoms with Gasteiger partial charge in [0.2, 0.25) is 0 Å². The minimum atomic E-state index is -0.273. The molecule has 0 unspecified atom stereocenters. The summed E-state index contributed by atoms with van der Waals surface area (Å²) < 4.78 is 17.1. The van der Waals surface area contributed by atoms with Crippen LogP contribution < -0.4 is 0 Å². The highest BCUT2D eigenvalue weighted by Crippen LogP contribution is 2.09. The van der Waals surface area contributed by atoms with Crippen LogP contribution in [0.15, 0.2) is 0 Å². The lowest BCUT2D eigenvalue weighted by Gasteiger charge is -2.18. The summed E-state index contributed by atoms with van der Waals surface area (Å²) in [7, 11) is 0.